The third-order valence-corrected chi connectivity index (χ3v) is 5.39. The van der Waals surface area contributed by atoms with Crippen LogP contribution in [0.25, 0.3) is 0 Å². The summed E-state index contributed by atoms with van der Waals surface area (Å²) in [6, 6.07) is 0.383. The van der Waals surface area contributed by atoms with Crippen LogP contribution in [0, 0.1) is 0 Å². The molecule has 0 aromatic carbocycles. The molecule has 6 heteroatoms. The van der Waals surface area contributed by atoms with Crippen LogP contribution in [-0.2, 0) is 32.9 Å². The van der Waals surface area contributed by atoms with Crippen LogP contribution in [0.3, 0.4) is 0 Å². The molecule has 1 unspecified atom stereocenters. The lowest BCUT2D eigenvalue weighted by molar-refractivity contribution is 0.227. The average molecular weight is 329 g/mol. The van der Waals surface area contributed by atoms with E-state index in [0.717, 1.165) is 44.1 Å². The lowest BCUT2D eigenvalue weighted by Gasteiger charge is -2.22. The number of fused-ring (bicyclic) bond motifs is 1. The minimum absolute atomic E-state index is 0.383. The quantitative estimate of drug-likeness (QED) is 0.844. The van der Waals surface area contributed by atoms with Gasteiger partial charge < -0.3 is 9.09 Å². The Morgan fingerprint density at radius 3 is 2.88 bits per heavy atom. The van der Waals surface area contributed by atoms with Gasteiger partial charge in [-0.1, -0.05) is 12.1 Å². The van der Waals surface area contributed by atoms with Crippen molar-refractivity contribution in [2.45, 2.75) is 70.9 Å². The highest BCUT2D eigenvalue weighted by atomic mass is 16.5. The van der Waals surface area contributed by atoms with Gasteiger partial charge in [0.25, 0.3) is 0 Å². The first-order valence-electron chi connectivity index (χ1n) is 9.36. The highest BCUT2D eigenvalue weighted by Crippen LogP contribution is 2.34. The van der Waals surface area contributed by atoms with Crippen molar-refractivity contribution in [3.8, 4) is 0 Å². The van der Waals surface area contributed by atoms with Gasteiger partial charge in [0.15, 0.2) is 5.82 Å². The molecule has 0 N–H and O–H groups in total. The highest BCUT2D eigenvalue weighted by Gasteiger charge is 2.32. The van der Waals surface area contributed by atoms with Crippen molar-refractivity contribution in [2.24, 2.45) is 7.05 Å². The van der Waals surface area contributed by atoms with Crippen molar-refractivity contribution in [2.75, 3.05) is 6.54 Å². The Hall–Kier alpha value is -1.69. The summed E-state index contributed by atoms with van der Waals surface area (Å²) in [6.45, 7) is 3.97. The zero-order chi connectivity index (χ0) is 16.5. The van der Waals surface area contributed by atoms with Crippen molar-refractivity contribution >= 4 is 0 Å². The third-order valence-electron chi connectivity index (χ3n) is 5.39. The van der Waals surface area contributed by atoms with E-state index in [1.807, 2.05) is 0 Å². The molecule has 0 spiro atoms. The van der Waals surface area contributed by atoms with Gasteiger partial charge in [-0.2, -0.15) is 4.98 Å². The molecular weight excluding hydrogens is 302 g/mol. The fourth-order valence-electron chi connectivity index (χ4n) is 4.16. The van der Waals surface area contributed by atoms with E-state index in [-0.39, 0.29) is 0 Å². The monoisotopic (exact) mass is 329 g/mol. The number of hydrogen-bond donors (Lipinski definition) is 0. The van der Waals surface area contributed by atoms with E-state index in [1.165, 1.54) is 49.3 Å². The molecule has 0 saturated carbocycles. The smallest absolute Gasteiger partial charge is 0.226 e. The second kappa shape index (κ2) is 6.67. The molecule has 2 aliphatic rings. The number of aromatic nitrogens is 4. The summed E-state index contributed by atoms with van der Waals surface area (Å²) in [6.07, 6.45) is 9.17. The molecular formula is C18H27N5O. The zero-order valence-electron chi connectivity index (χ0n) is 14.8. The predicted octanol–water partition coefficient (Wildman–Crippen LogP) is 2.97. The maximum atomic E-state index is 5.34. The van der Waals surface area contributed by atoms with Gasteiger partial charge in [0.05, 0.1) is 18.3 Å². The summed E-state index contributed by atoms with van der Waals surface area (Å²) in [7, 11) is 2.19. The van der Waals surface area contributed by atoms with Gasteiger partial charge in [-0.05, 0) is 51.5 Å². The van der Waals surface area contributed by atoms with Gasteiger partial charge in [-0.15, -0.1) is 0 Å². The van der Waals surface area contributed by atoms with Gasteiger partial charge in [0, 0.05) is 19.2 Å². The molecule has 24 heavy (non-hydrogen) atoms. The normalized spacial score (nSPS) is 21.3. The summed E-state index contributed by atoms with van der Waals surface area (Å²) in [5.41, 5.74) is 2.78. The van der Waals surface area contributed by atoms with Crippen LogP contribution in [0.15, 0.2) is 4.52 Å². The standard InChI is InChI=1S/C18H27N5O/c1-3-7-17-20-16(21-24-17)12-23-11-6-10-15(23)18-19-13-8-4-5-9-14(13)22(18)2/h15H,3-12H2,1-2H3. The second-order valence-corrected chi connectivity index (χ2v) is 7.11. The summed E-state index contributed by atoms with van der Waals surface area (Å²) >= 11 is 0. The van der Waals surface area contributed by atoms with Gasteiger partial charge >= 0.3 is 0 Å². The number of aryl methyl sites for hydroxylation is 2. The number of nitrogens with zero attached hydrogens (tertiary/aromatic N) is 5. The average Bonchev–Trinajstić information content (AvgIpc) is 3.29. The molecule has 1 saturated heterocycles. The number of rotatable bonds is 5. The molecule has 0 bridgehead atoms. The van der Waals surface area contributed by atoms with E-state index in [4.69, 9.17) is 9.51 Å². The van der Waals surface area contributed by atoms with Crippen molar-refractivity contribution in [3.63, 3.8) is 0 Å². The van der Waals surface area contributed by atoms with Gasteiger partial charge in [0.1, 0.15) is 5.82 Å². The lowest BCUT2D eigenvalue weighted by atomic mass is 10.0. The molecule has 6 nitrogen and oxygen atoms in total. The van der Waals surface area contributed by atoms with E-state index in [2.05, 4.69) is 33.6 Å². The minimum Gasteiger partial charge on any atom is -0.339 e. The van der Waals surface area contributed by atoms with Gasteiger partial charge in [-0.25, -0.2) is 4.98 Å². The molecule has 1 fully saturated rings. The Morgan fingerprint density at radius 1 is 1.17 bits per heavy atom. The number of hydrogen-bond acceptors (Lipinski definition) is 5. The van der Waals surface area contributed by atoms with Crippen molar-refractivity contribution in [1.29, 1.82) is 0 Å². The molecule has 1 atom stereocenters. The van der Waals surface area contributed by atoms with Crippen molar-refractivity contribution in [3.05, 3.63) is 28.9 Å². The molecule has 2 aromatic heterocycles. The van der Waals surface area contributed by atoms with E-state index in [1.54, 1.807) is 0 Å². The van der Waals surface area contributed by atoms with E-state index >= 15 is 0 Å². The maximum absolute atomic E-state index is 5.34. The predicted molar refractivity (Wildman–Crippen MR) is 90.5 cm³/mol. The van der Waals surface area contributed by atoms with Crippen LogP contribution in [0.5, 0.6) is 0 Å². The largest absolute Gasteiger partial charge is 0.339 e. The minimum atomic E-state index is 0.383. The molecule has 0 radical (unpaired) electrons. The summed E-state index contributed by atoms with van der Waals surface area (Å²) < 4.78 is 7.70. The summed E-state index contributed by atoms with van der Waals surface area (Å²) in [5.74, 6) is 2.80. The topological polar surface area (TPSA) is 60.0 Å². The van der Waals surface area contributed by atoms with Crippen LogP contribution in [-0.4, -0.2) is 31.1 Å². The molecule has 130 valence electrons. The molecule has 3 heterocycles. The highest BCUT2D eigenvalue weighted by molar-refractivity contribution is 5.22. The first kappa shape index (κ1) is 15.8. The Labute approximate surface area is 143 Å². The second-order valence-electron chi connectivity index (χ2n) is 7.11. The SMILES string of the molecule is CCCc1nc(CN2CCCC2c2nc3c(n2C)CCCC3)no1. The van der Waals surface area contributed by atoms with Crippen LogP contribution < -0.4 is 0 Å². The molecule has 0 amide bonds. The third kappa shape index (κ3) is 2.88. The van der Waals surface area contributed by atoms with E-state index in [0.29, 0.717) is 6.04 Å². The molecule has 1 aliphatic heterocycles. The van der Waals surface area contributed by atoms with Gasteiger partial charge in [-0.3, -0.25) is 4.90 Å². The first-order chi connectivity index (χ1) is 11.8. The van der Waals surface area contributed by atoms with Crippen LogP contribution in [0.1, 0.15) is 74.0 Å². The fourth-order valence-corrected chi connectivity index (χ4v) is 4.16. The van der Waals surface area contributed by atoms with Crippen molar-refractivity contribution < 1.29 is 4.52 Å². The Balaban J connectivity index is 1.53. The molecule has 4 rings (SSSR count). The Morgan fingerprint density at radius 2 is 2.04 bits per heavy atom. The fraction of sp³-hybridized carbons (Fsp3) is 0.722. The van der Waals surface area contributed by atoms with Crippen LogP contribution in [0.4, 0.5) is 0 Å². The van der Waals surface area contributed by atoms with Crippen molar-refractivity contribution in [1.82, 2.24) is 24.6 Å². The summed E-state index contributed by atoms with van der Waals surface area (Å²) in [4.78, 5) is 12.0. The first-order valence-corrected chi connectivity index (χ1v) is 9.36. The zero-order valence-corrected chi connectivity index (χ0v) is 14.8. The van der Waals surface area contributed by atoms with Crippen LogP contribution >= 0.6 is 0 Å². The lowest BCUT2D eigenvalue weighted by Crippen LogP contribution is -2.25. The number of imidazole rings is 1. The summed E-state index contributed by atoms with van der Waals surface area (Å²) in [5, 5.41) is 4.16. The van der Waals surface area contributed by atoms with Crippen LogP contribution in [0.2, 0.25) is 0 Å². The van der Waals surface area contributed by atoms with E-state index < -0.39 is 0 Å². The van der Waals surface area contributed by atoms with E-state index in [9.17, 15) is 0 Å². The number of likely N-dealkylation sites (tertiary alicyclic amines) is 1. The Kier molecular flexibility index (Phi) is 4.39. The molecule has 1 aliphatic carbocycles. The van der Waals surface area contributed by atoms with Gasteiger partial charge in [0.2, 0.25) is 5.89 Å². The molecule has 2 aromatic rings. The maximum Gasteiger partial charge on any atom is 0.226 e. The Bertz CT molecular complexity index is 704.